The predicted molar refractivity (Wildman–Crippen MR) is 77.9 cm³/mol. The summed E-state index contributed by atoms with van der Waals surface area (Å²) in [6.07, 6.45) is 4.87. The molecule has 100 valence electrons. The number of piperidine rings is 1. The van der Waals surface area contributed by atoms with Crippen LogP contribution < -0.4 is 10.6 Å². The van der Waals surface area contributed by atoms with Crippen LogP contribution in [-0.4, -0.2) is 24.7 Å². The van der Waals surface area contributed by atoms with Gasteiger partial charge in [0.1, 0.15) is 0 Å². The average molecular weight is 246 g/mol. The fourth-order valence-corrected chi connectivity index (χ4v) is 2.69. The first-order valence-corrected chi connectivity index (χ1v) is 7.18. The molecule has 0 saturated carbocycles. The van der Waals surface area contributed by atoms with Crippen molar-refractivity contribution >= 4 is 0 Å². The first-order chi connectivity index (χ1) is 8.66. The van der Waals surface area contributed by atoms with E-state index in [9.17, 15) is 0 Å². The minimum absolute atomic E-state index is 0.234. The zero-order valence-corrected chi connectivity index (χ0v) is 11.7. The standard InChI is InChI=1S/C16H26N2/c1-16(2,18-15-9-12-17-13-10-15)11-8-14-6-4-3-5-7-14/h3-7,15,17-18H,8-13H2,1-2H3. The summed E-state index contributed by atoms with van der Waals surface area (Å²) in [4.78, 5) is 0. The van der Waals surface area contributed by atoms with Crippen LogP contribution >= 0.6 is 0 Å². The lowest BCUT2D eigenvalue weighted by molar-refractivity contribution is 0.274. The molecule has 0 bridgehead atoms. The molecule has 18 heavy (non-hydrogen) atoms. The first kappa shape index (κ1) is 13.6. The molecule has 1 aliphatic rings. The minimum Gasteiger partial charge on any atom is -0.317 e. The van der Waals surface area contributed by atoms with E-state index in [1.54, 1.807) is 0 Å². The maximum Gasteiger partial charge on any atom is 0.0130 e. The van der Waals surface area contributed by atoms with E-state index >= 15 is 0 Å². The first-order valence-electron chi connectivity index (χ1n) is 7.18. The Labute approximate surface area is 111 Å². The Hall–Kier alpha value is -0.860. The van der Waals surface area contributed by atoms with Crippen molar-refractivity contribution in [1.82, 2.24) is 10.6 Å². The molecule has 0 atom stereocenters. The van der Waals surface area contributed by atoms with Crippen molar-refractivity contribution in [2.75, 3.05) is 13.1 Å². The lowest BCUT2D eigenvalue weighted by atomic mass is 9.92. The molecule has 2 N–H and O–H groups in total. The summed E-state index contributed by atoms with van der Waals surface area (Å²) in [7, 11) is 0. The molecule has 0 amide bonds. The van der Waals surface area contributed by atoms with E-state index in [4.69, 9.17) is 0 Å². The molecule has 2 heteroatoms. The highest BCUT2D eigenvalue weighted by atomic mass is 15.0. The number of benzene rings is 1. The normalized spacial score (nSPS) is 17.9. The SMILES string of the molecule is CC(C)(CCc1ccccc1)NC1CCNCC1. The number of nitrogens with one attached hydrogen (secondary N) is 2. The van der Waals surface area contributed by atoms with Crippen LogP contribution in [0.5, 0.6) is 0 Å². The molecule has 2 nitrogen and oxygen atoms in total. The second kappa shape index (κ2) is 6.35. The Balaban J connectivity index is 1.79. The summed E-state index contributed by atoms with van der Waals surface area (Å²) >= 11 is 0. The highest BCUT2D eigenvalue weighted by Gasteiger charge is 2.22. The van der Waals surface area contributed by atoms with Gasteiger partial charge in [-0.05, 0) is 58.2 Å². The van der Waals surface area contributed by atoms with E-state index in [1.807, 2.05) is 0 Å². The largest absolute Gasteiger partial charge is 0.317 e. The highest BCUT2D eigenvalue weighted by molar-refractivity contribution is 5.15. The minimum atomic E-state index is 0.234. The summed E-state index contributed by atoms with van der Waals surface area (Å²) in [5.74, 6) is 0. The zero-order chi connectivity index (χ0) is 12.8. The molecule has 1 saturated heterocycles. The van der Waals surface area contributed by atoms with E-state index < -0.39 is 0 Å². The van der Waals surface area contributed by atoms with Gasteiger partial charge in [0.15, 0.2) is 0 Å². The van der Waals surface area contributed by atoms with Crippen molar-refractivity contribution in [2.24, 2.45) is 0 Å². The van der Waals surface area contributed by atoms with Gasteiger partial charge in [-0.1, -0.05) is 30.3 Å². The van der Waals surface area contributed by atoms with Crippen LogP contribution in [0.3, 0.4) is 0 Å². The Morgan fingerprint density at radius 1 is 1.17 bits per heavy atom. The molecule has 2 rings (SSSR count). The lowest BCUT2D eigenvalue weighted by Gasteiger charge is -2.34. The van der Waals surface area contributed by atoms with Crippen LogP contribution in [0.4, 0.5) is 0 Å². The fraction of sp³-hybridized carbons (Fsp3) is 0.625. The molecule has 1 heterocycles. The van der Waals surface area contributed by atoms with Gasteiger partial charge in [0.05, 0.1) is 0 Å². The molecular weight excluding hydrogens is 220 g/mol. The van der Waals surface area contributed by atoms with E-state index in [0.29, 0.717) is 6.04 Å². The third-order valence-electron chi connectivity index (χ3n) is 3.82. The molecule has 1 aromatic rings. The van der Waals surface area contributed by atoms with Crippen LogP contribution in [0, 0.1) is 0 Å². The van der Waals surface area contributed by atoms with Crippen LogP contribution in [0.2, 0.25) is 0 Å². The van der Waals surface area contributed by atoms with Gasteiger partial charge >= 0.3 is 0 Å². The van der Waals surface area contributed by atoms with E-state index in [1.165, 1.54) is 24.8 Å². The number of hydrogen-bond donors (Lipinski definition) is 2. The Bertz CT molecular complexity index is 339. The molecule has 0 radical (unpaired) electrons. The van der Waals surface area contributed by atoms with Gasteiger partial charge in [-0.15, -0.1) is 0 Å². The Morgan fingerprint density at radius 3 is 2.50 bits per heavy atom. The van der Waals surface area contributed by atoms with Crippen molar-refractivity contribution in [3.63, 3.8) is 0 Å². The Morgan fingerprint density at radius 2 is 1.83 bits per heavy atom. The van der Waals surface area contributed by atoms with Crippen molar-refractivity contribution in [3.8, 4) is 0 Å². The van der Waals surface area contributed by atoms with Crippen molar-refractivity contribution in [1.29, 1.82) is 0 Å². The summed E-state index contributed by atoms with van der Waals surface area (Å²) < 4.78 is 0. The van der Waals surface area contributed by atoms with Crippen LogP contribution in [0.1, 0.15) is 38.7 Å². The molecule has 0 aromatic heterocycles. The highest BCUT2D eigenvalue weighted by Crippen LogP contribution is 2.16. The van der Waals surface area contributed by atoms with Gasteiger partial charge in [0.25, 0.3) is 0 Å². The molecular formula is C16H26N2. The molecule has 1 fully saturated rings. The number of rotatable bonds is 5. The summed E-state index contributed by atoms with van der Waals surface area (Å²) in [6, 6.07) is 11.5. The molecule has 0 unspecified atom stereocenters. The lowest BCUT2D eigenvalue weighted by Crippen LogP contribution is -2.50. The summed E-state index contributed by atoms with van der Waals surface area (Å²) in [5, 5.41) is 7.24. The monoisotopic (exact) mass is 246 g/mol. The van der Waals surface area contributed by atoms with Crippen LogP contribution in [-0.2, 0) is 6.42 Å². The van der Waals surface area contributed by atoms with Crippen molar-refractivity contribution in [2.45, 2.75) is 51.1 Å². The maximum absolute atomic E-state index is 3.83. The topological polar surface area (TPSA) is 24.1 Å². The van der Waals surface area contributed by atoms with E-state index in [0.717, 1.165) is 19.5 Å². The average Bonchev–Trinajstić information content (AvgIpc) is 2.38. The summed E-state index contributed by atoms with van der Waals surface area (Å²) in [6.45, 7) is 6.98. The summed E-state index contributed by atoms with van der Waals surface area (Å²) in [5.41, 5.74) is 1.68. The van der Waals surface area contributed by atoms with Gasteiger partial charge in [-0.2, -0.15) is 0 Å². The van der Waals surface area contributed by atoms with E-state index in [2.05, 4.69) is 54.8 Å². The molecule has 1 aliphatic heterocycles. The van der Waals surface area contributed by atoms with Gasteiger partial charge in [-0.3, -0.25) is 0 Å². The maximum atomic E-state index is 3.83. The van der Waals surface area contributed by atoms with Crippen LogP contribution in [0.25, 0.3) is 0 Å². The zero-order valence-electron chi connectivity index (χ0n) is 11.7. The number of hydrogen-bond acceptors (Lipinski definition) is 2. The predicted octanol–water partition coefficient (Wildman–Crippen LogP) is 2.74. The quantitative estimate of drug-likeness (QED) is 0.835. The van der Waals surface area contributed by atoms with Gasteiger partial charge in [0, 0.05) is 11.6 Å². The number of aryl methyl sites for hydroxylation is 1. The van der Waals surface area contributed by atoms with Gasteiger partial charge < -0.3 is 10.6 Å². The smallest absolute Gasteiger partial charge is 0.0130 e. The second-order valence-corrected chi connectivity index (χ2v) is 6.04. The second-order valence-electron chi connectivity index (χ2n) is 6.04. The third-order valence-corrected chi connectivity index (χ3v) is 3.82. The van der Waals surface area contributed by atoms with Gasteiger partial charge in [-0.25, -0.2) is 0 Å². The molecule has 1 aromatic carbocycles. The van der Waals surface area contributed by atoms with Gasteiger partial charge in [0.2, 0.25) is 0 Å². The van der Waals surface area contributed by atoms with E-state index in [-0.39, 0.29) is 5.54 Å². The van der Waals surface area contributed by atoms with Crippen LogP contribution in [0.15, 0.2) is 30.3 Å². The van der Waals surface area contributed by atoms with Crippen molar-refractivity contribution in [3.05, 3.63) is 35.9 Å². The van der Waals surface area contributed by atoms with Crippen molar-refractivity contribution < 1.29 is 0 Å². The fourth-order valence-electron chi connectivity index (χ4n) is 2.69. The molecule has 0 spiro atoms. The third kappa shape index (κ3) is 4.43. The molecule has 0 aliphatic carbocycles. The Kier molecular flexibility index (Phi) is 4.79.